The monoisotopic (exact) mass is 423 g/mol. The largest absolute Gasteiger partial charge is 0.378 e. The number of nitrogens with one attached hydrogen (secondary N) is 1. The van der Waals surface area contributed by atoms with Gasteiger partial charge < -0.3 is 20.7 Å². The fourth-order valence-corrected chi connectivity index (χ4v) is 3.32. The van der Waals surface area contributed by atoms with Crippen molar-refractivity contribution in [1.82, 2.24) is 10.2 Å². The van der Waals surface area contributed by atoms with Gasteiger partial charge in [0.15, 0.2) is 0 Å². The maximum Gasteiger partial charge on any atom is 0.240 e. The first-order valence-corrected chi connectivity index (χ1v) is 8.82. The minimum atomic E-state index is -0.887. The molecule has 2 rings (SSSR count). The van der Waals surface area contributed by atoms with Crippen molar-refractivity contribution in [2.45, 2.75) is 45.4 Å². The lowest BCUT2D eigenvalue weighted by Crippen LogP contribution is -2.75. The summed E-state index contributed by atoms with van der Waals surface area (Å²) >= 11 is 0. The van der Waals surface area contributed by atoms with E-state index < -0.39 is 5.54 Å². The summed E-state index contributed by atoms with van der Waals surface area (Å²) in [6, 6.07) is 6.45. The fraction of sp³-hybridized carbons (Fsp3) is 0.632. The number of hydrogen-bond acceptors (Lipinski definition) is 4. The van der Waals surface area contributed by atoms with Crippen molar-refractivity contribution in [1.29, 1.82) is 0 Å². The third-order valence-corrected chi connectivity index (χ3v) is 5.38. The van der Waals surface area contributed by atoms with Crippen molar-refractivity contribution in [2.24, 2.45) is 11.1 Å². The van der Waals surface area contributed by atoms with E-state index in [0.717, 1.165) is 5.56 Å². The molecule has 1 aromatic carbocycles. The Labute approximate surface area is 174 Å². The van der Waals surface area contributed by atoms with Crippen LogP contribution in [0.25, 0.3) is 0 Å². The van der Waals surface area contributed by atoms with E-state index in [2.05, 4.69) is 10.2 Å². The second-order valence-electron chi connectivity index (χ2n) is 7.46. The highest BCUT2D eigenvalue weighted by Crippen LogP contribution is 2.49. The molecule has 1 aromatic rings. The van der Waals surface area contributed by atoms with Crippen molar-refractivity contribution in [3.8, 4) is 0 Å². The molecule has 0 heterocycles. The molecule has 1 aliphatic carbocycles. The van der Waals surface area contributed by atoms with Gasteiger partial charge in [-0.25, -0.2) is 4.39 Å². The number of amides is 1. The highest BCUT2D eigenvalue weighted by atomic mass is 35.5. The van der Waals surface area contributed by atoms with E-state index >= 15 is 0 Å². The average Bonchev–Trinajstić information content (AvgIpc) is 2.56. The Bertz CT molecular complexity index is 601. The van der Waals surface area contributed by atoms with Crippen LogP contribution in [0.5, 0.6) is 0 Å². The molecule has 2 atom stereocenters. The van der Waals surface area contributed by atoms with Crippen LogP contribution in [0.1, 0.15) is 32.8 Å². The molecule has 0 aliphatic heterocycles. The van der Waals surface area contributed by atoms with Gasteiger partial charge in [0.2, 0.25) is 5.91 Å². The quantitative estimate of drug-likeness (QED) is 0.674. The molecular weight excluding hydrogens is 392 g/mol. The molecule has 2 unspecified atom stereocenters. The summed E-state index contributed by atoms with van der Waals surface area (Å²) in [5.41, 5.74) is 6.12. The van der Waals surface area contributed by atoms with Crippen LogP contribution < -0.4 is 11.1 Å². The third kappa shape index (κ3) is 5.78. The van der Waals surface area contributed by atoms with Gasteiger partial charge >= 0.3 is 0 Å². The number of nitrogens with zero attached hydrogens (tertiary/aromatic N) is 1. The van der Waals surface area contributed by atoms with Crippen LogP contribution in [0.3, 0.4) is 0 Å². The molecule has 1 fully saturated rings. The van der Waals surface area contributed by atoms with Gasteiger partial charge in [-0.05, 0) is 31.7 Å². The van der Waals surface area contributed by atoms with Crippen LogP contribution in [0.15, 0.2) is 24.3 Å². The van der Waals surface area contributed by atoms with E-state index in [0.29, 0.717) is 32.7 Å². The minimum absolute atomic E-state index is 0. The lowest BCUT2D eigenvalue weighted by atomic mass is 9.54. The maximum absolute atomic E-state index is 12.9. The smallest absolute Gasteiger partial charge is 0.240 e. The summed E-state index contributed by atoms with van der Waals surface area (Å²) in [5.74, 6) is -0.357. The Morgan fingerprint density at radius 2 is 1.93 bits per heavy atom. The zero-order valence-corrected chi connectivity index (χ0v) is 18.1. The number of hydrogen-bond donors (Lipinski definition) is 2. The predicted octanol–water partition coefficient (Wildman–Crippen LogP) is 2.75. The number of carbonyl (C=O) groups is 1. The summed E-state index contributed by atoms with van der Waals surface area (Å²) in [6.07, 6.45) is 0.569. The first-order valence-electron chi connectivity index (χ1n) is 8.82. The number of halogens is 3. The fourth-order valence-electron chi connectivity index (χ4n) is 3.32. The zero-order chi connectivity index (χ0) is 18.7. The zero-order valence-electron chi connectivity index (χ0n) is 16.5. The van der Waals surface area contributed by atoms with Crippen LogP contribution >= 0.6 is 24.8 Å². The van der Waals surface area contributed by atoms with E-state index in [1.54, 1.807) is 12.1 Å². The first-order chi connectivity index (χ1) is 11.7. The molecule has 0 aromatic heterocycles. The Morgan fingerprint density at radius 3 is 2.44 bits per heavy atom. The normalized spacial score (nSPS) is 23.0. The topological polar surface area (TPSA) is 67.6 Å². The second kappa shape index (κ2) is 10.6. The van der Waals surface area contributed by atoms with Crippen LogP contribution in [-0.2, 0) is 16.1 Å². The van der Waals surface area contributed by atoms with E-state index in [4.69, 9.17) is 10.5 Å². The van der Waals surface area contributed by atoms with Crippen molar-refractivity contribution in [3.63, 3.8) is 0 Å². The molecular formula is C19H32Cl2FN3O2. The molecule has 0 saturated heterocycles. The molecule has 8 heteroatoms. The number of ether oxygens (including phenoxy) is 1. The predicted molar refractivity (Wildman–Crippen MR) is 111 cm³/mol. The van der Waals surface area contributed by atoms with Crippen LogP contribution in [0, 0.1) is 11.2 Å². The van der Waals surface area contributed by atoms with Gasteiger partial charge in [-0.2, -0.15) is 0 Å². The second-order valence-corrected chi connectivity index (χ2v) is 7.46. The highest BCUT2D eigenvalue weighted by Gasteiger charge is 2.62. The summed E-state index contributed by atoms with van der Waals surface area (Å²) in [5, 5.41) is 2.95. The number of carbonyl (C=O) groups excluding carboxylic acids is 1. The van der Waals surface area contributed by atoms with E-state index in [-0.39, 0.29) is 48.1 Å². The summed E-state index contributed by atoms with van der Waals surface area (Å²) < 4.78 is 18.6. The molecule has 27 heavy (non-hydrogen) atoms. The lowest BCUT2D eigenvalue weighted by Gasteiger charge is -2.57. The number of benzene rings is 1. The summed E-state index contributed by atoms with van der Waals surface area (Å²) in [6.45, 7) is 8.44. The van der Waals surface area contributed by atoms with E-state index in [1.165, 1.54) is 12.1 Å². The Kier molecular flexibility index (Phi) is 10.2. The molecule has 1 saturated carbocycles. The van der Waals surface area contributed by atoms with Crippen molar-refractivity contribution in [2.75, 3.05) is 26.7 Å². The maximum atomic E-state index is 12.9. The third-order valence-electron chi connectivity index (χ3n) is 5.38. The standard InChI is InChI=1S/C19H30FN3O2.2ClH/c1-5-25-16-12-19(21,18(16,2)3)17(24)22-10-11-23(4)13-14-6-8-15(20)9-7-14;;/h6-9,16H,5,10-13,21H2,1-4H3,(H,22,24);2*1H. The van der Waals surface area contributed by atoms with Gasteiger partial charge in [-0.1, -0.05) is 26.0 Å². The molecule has 3 N–H and O–H groups in total. The first kappa shape index (κ1) is 26.1. The van der Waals surface area contributed by atoms with Crippen LogP contribution in [0.4, 0.5) is 4.39 Å². The molecule has 0 spiro atoms. The SMILES string of the molecule is CCOC1CC(N)(C(=O)NCCN(C)Cc2ccc(F)cc2)C1(C)C.Cl.Cl. The summed E-state index contributed by atoms with van der Waals surface area (Å²) in [4.78, 5) is 14.6. The molecule has 156 valence electrons. The Balaban J connectivity index is 0.00000338. The van der Waals surface area contributed by atoms with E-state index in [1.807, 2.05) is 27.8 Å². The van der Waals surface area contributed by atoms with Gasteiger partial charge in [0, 0.05) is 38.1 Å². The van der Waals surface area contributed by atoms with Crippen LogP contribution in [0.2, 0.25) is 0 Å². The summed E-state index contributed by atoms with van der Waals surface area (Å²) in [7, 11) is 1.96. The Morgan fingerprint density at radius 1 is 1.33 bits per heavy atom. The van der Waals surface area contributed by atoms with Crippen molar-refractivity contribution >= 4 is 30.7 Å². The van der Waals surface area contributed by atoms with Gasteiger partial charge in [0.1, 0.15) is 11.4 Å². The minimum Gasteiger partial charge on any atom is -0.378 e. The highest BCUT2D eigenvalue weighted by molar-refractivity contribution is 5.88. The number of rotatable bonds is 8. The van der Waals surface area contributed by atoms with Gasteiger partial charge in [0.25, 0.3) is 0 Å². The van der Waals surface area contributed by atoms with Gasteiger partial charge in [-0.15, -0.1) is 24.8 Å². The number of nitrogens with two attached hydrogens (primary N) is 1. The van der Waals surface area contributed by atoms with Gasteiger partial charge in [-0.3, -0.25) is 4.79 Å². The number of likely N-dealkylation sites (N-methyl/N-ethyl adjacent to an activating group) is 1. The van der Waals surface area contributed by atoms with Crippen molar-refractivity contribution < 1.29 is 13.9 Å². The molecule has 1 aliphatic rings. The van der Waals surface area contributed by atoms with Crippen molar-refractivity contribution in [3.05, 3.63) is 35.6 Å². The van der Waals surface area contributed by atoms with E-state index in [9.17, 15) is 9.18 Å². The van der Waals surface area contributed by atoms with Gasteiger partial charge in [0.05, 0.1) is 6.10 Å². The van der Waals surface area contributed by atoms with Crippen LogP contribution in [-0.4, -0.2) is 49.2 Å². The molecule has 5 nitrogen and oxygen atoms in total. The molecule has 1 amide bonds. The molecule has 0 radical (unpaired) electrons. The average molecular weight is 424 g/mol. The molecule has 0 bridgehead atoms. The Hall–Kier alpha value is -0.920. The lowest BCUT2D eigenvalue weighted by molar-refractivity contribution is -0.170.